The van der Waals surface area contributed by atoms with Crippen LogP contribution in [0.2, 0.25) is 0 Å². The molecule has 0 spiro atoms. The van der Waals surface area contributed by atoms with Crippen molar-refractivity contribution in [1.82, 2.24) is 0 Å². The SMILES string of the molecule is C=PC1(c2ccccc2)c2ccccc2-c2cccc(N)c21. The number of nitrogen functional groups attached to an aromatic ring is 1. The van der Waals surface area contributed by atoms with Crippen molar-refractivity contribution in [1.29, 1.82) is 0 Å². The Hall–Kier alpha value is -2.37. The van der Waals surface area contributed by atoms with Gasteiger partial charge in [-0.05, 0) is 28.3 Å². The van der Waals surface area contributed by atoms with Crippen LogP contribution in [0.15, 0.2) is 72.8 Å². The largest absolute Gasteiger partial charge is 0.398 e. The van der Waals surface area contributed by atoms with Crippen molar-refractivity contribution >= 4 is 20.2 Å². The van der Waals surface area contributed by atoms with E-state index in [1.54, 1.807) is 0 Å². The molecule has 0 saturated heterocycles. The van der Waals surface area contributed by atoms with Gasteiger partial charge in [0.2, 0.25) is 0 Å². The Morgan fingerprint density at radius 2 is 1.45 bits per heavy atom. The third-order valence-corrected chi connectivity index (χ3v) is 5.69. The van der Waals surface area contributed by atoms with Crippen molar-refractivity contribution in [2.24, 2.45) is 0 Å². The van der Waals surface area contributed by atoms with Crippen LogP contribution in [0.3, 0.4) is 0 Å². The quantitative estimate of drug-likeness (QED) is 0.527. The highest BCUT2D eigenvalue weighted by atomic mass is 31.1. The van der Waals surface area contributed by atoms with Crippen molar-refractivity contribution in [2.75, 3.05) is 5.73 Å². The van der Waals surface area contributed by atoms with Crippen LogP contribution in [-0.2, 0) is 5.16 Å². The summed E-state index contributed by atoms with van der Waals surface area (Å²) in [4.78, 5) is 0. The first kappa shape index (κ1) is 13.3. The highest BCUT2D eigenvalue weighted by Crippen LogP contribution is 2.59. The molecule has 0 bridgehead atoms. The number of rotatable bonds is 2. The number of hydrogen-bond donors (Lipinski definition) is 1. The summed E-state index contributed by atoms with van der Waals surface area (Å²) in [6, 6.07) is 25.4. The van der Waals surface area contributed by atoms with Crippen molar-refractivity contribution in [2.45, 2.75) is 5.16 Å². The first-order chi connectivity index (χ1) is 10.8. The van der Waals surface area contributed by atoms with Gasteiger partial charge in [-0.25, -0.2) is 0 Å². The van der Waals surface area contributed by atoms with Crippen LogP contribution in [0.1, 0.15) is 16.7 Å². The van der Waals surface area contributed by atoms with Crippen LogP contribution in [0, 0.1) is 0 Å². The van der Waals surface area contributed by atoms with E-state index in [9.17, 15) is 0 Å². The zero-order valence-corrected chi connectivity index (χ0v) is 13.1. The Bertz CT molecular complexity index is 870. The molecule has 3 aromatic rings. The molecule has 2 heteroatoms. The maximum Gasteiger partial charge on any atom is 0.0895 e. The first-order valence-corrected chi connectivity index (χ1v) is 8.39. The lowest BCUT2D eigenvalue weighted by molar-refractivity contribution is 0.931. The minimum Gasteiger partial charge on any atom is -0.398 e. The van der Waals surface area contributed by atoms with Gasteiger partial charge in [0.1, 0.15) is 0 Å². The van der Waals surface area contributed by atoms with Crippen LogP contribution >= 0.6 is 8.20 Å². The van der Waals surface area contributed by atoms with E-state index in [4.69, 9.17) is 5.73 Å². The highest BCUT2D eigenvalue weighted by Gasteiger charge is 2.44. The molecule has 22 heavy (non-hydrogen) atoms. The molecular formula is C20H16NP. The topological polar surface area (TPSA) is 26.0 Å². The van der Waals surface area contributed by atoms with Gasteiger partial charge in [0.15, 0.2) is 0 Å². The van der Waals surface area contributed by atoms with Gasteiger partial charge in [-0.2, -0.15) is 0 Å². The predicted octanol–water partition coefficient (Wildman–Crippen LogP) is 4.92. The van der Waals surface area contributed by atoms with Crippen molar-refractivity contribution < 1.29 is 0 Å². The molecule has 1 aliphatic carbocycles. The fraction of sp³-hybridized carbons (Fsp3) is 0.0500. The molecule has 2 N–H and O–H groups in total. The van der Waals surface area contributed by atoms with Crippen molar-refractivity contribution in [3.8, 4) is 11.1 Å². The monoisotopic (exact) mass is 301 g/mol. The summed E-state index contributed by atoms with van der Waals surface area (Å²) < 4.78 is 0. The Labute approximate surface area is 132 Å². The summed E-state index contributed by atoms with van der Waals surface area (Å²) in [6.07, 6.45) is 4.27. The number of fused-ring (bicyclic) bond motifs is 3. The zero-order valence-electron chi connectivity index (χ0n) is 12.2. The Kier molecular flexibility index (Phi) is 2.92. The summed E-state index contributed by atoms with van der Waals surface area (Å²) in [6.45, 7) is 0. The van der Waals surface area contributed by atoms with Crippen molar-refractivity contribution in [3.05, 3.63) is 89.5 Å². The van der Waals surface area contributed by atoms with Gasteiger partial charge < -0.3 is 5.73 Å². The van der Waals surface area contributed by atoms with Crippen LogP contribution in [0.4, 0.5) is 5.69 Å². The molecule has 1 atom stereocenters. The average molecular weight is 301 g/mol. The van der Waals surface area contributed by atoms with E-state index in [0.717, 1.165) is 13.9 Å². The van der Waals surface area contributed by atoms with Gasteiger partial charge in [0, 0.05) is 11.3 Å². The number of benzene rings is 3. The van der Waals surface area contributed by atoms with E-state index >= 15 is 0 Å². The minimum atomic E-state index is -0.279. The molecule has 0 heterocycles. The maximum absolute atomic E-state index is 6.41. The van der Waals surface area contributed by atoms with Gasteiger partial charge in [-0.15, -0.1) is 0 Å². The summed E-state index contributed by atoms with van der Waals surface area (Å²) in [5.74, 6) is 0. The van der Waals surface area contributed by atoms with Crippen LogP contribution in [-0.4, -0.2) is 6.30 Å². The third-order valence-electron chi connectivity index (χ3n) is 4.49. The number of hydrogen-bond acceptors (Lipinski definition) is 1. The second-order valence-corrected chi connectivity index (χ2v) is 6.54. The van der Waals surface area contributed by atoms with E-state index in [-0.39, 0.29) is 5.16 Å². The van der Waals surface area contributed by atoms with E-state index in [2.05, 4.69) is 60.9 Å². The fourth-order valence-electron chi connectivity index (χ4n) is 3.60. The molecule has 1 nitrogen and oxygen atoms in total. The maximum atomic E-state index is 6.41. The lowest BCUT2D eigenvalue weighted by Crippen LogP contribution is -2.20. The smallest absolute Gasteiger partial charge is 0.0895 e. The van der Waals surface area contributed by atoms with Crippen molar-refractivity contribution in [3.63, 3.8) is 0 Å². The Morgan fingerprint density at radius 3 is 2.23 bits per heavy atom. The Morgan fingerprint density at radius 1 is 0.773 bits per heavy atom. The molecule has 1 aliphatic rings. The normalized spacial score (nSPS) is 18.9. The second kappa shape index (κ2) is 4.83. The number of nitrogens with two attached hydrogens (primary N) is 1. The van der Waals surface area contributed by atoms with Crippen LogP contribution < -0.4 is 5.73 Å². The summed E-state index contributed by atoms with van der Waals surface area (Å²) in [7, 11) is 1.03. The lowest BCUT2D eigenvalue weighted by Gasteiger charge is -2.29. The molecule has 1 unspecified atom stereocenters. The zero-order chi connectivity index (χ0) is 15.2. The van der Waals surface area contributed by atoms with E-state index < -0.39 is 0 Å². The van der Waals surface area contributed by atoms with Gasteiger partial charge in [-0.1, -0.05) is 81.2 Å². The summed E-state index contributed by atoms with van der Waals surface area (Å²) >= 11 is 0. The first-order valence-electron chi connectivity index (χ1n) is 7.31. The summed E-state index contributed by atoms with van der Waals surface area (Å²) in [5, 5.41) is -0.279. The van der Waals surface area contributed by atoms with E-state index in [0.29, 0.717) is 0 Å². The Balaban J connectivity index is 2.18. The second-order valence-electron chi connectivity index (χ2n) is 5.55. The predicted molar refractivity (Wildman–Crippen MR) is 96.7 cm³/mol. The molecule has 3 aromatic carbocycles. The van der Waals surface area contributed by atoms with Gasteiger partial charge in [-0.3, -0.25) is 0 Å². The van der Waals surface area contributed by atoms with Gasteiger partial charge in [0.25, 0.3) is 0 Å². The van der Waals surface area contributed by atoms with Gasteiger partial charge in [0.05, 0.1) is 5.16 Å². The minimum absolute atomic E-state index is 0.279. The van der Waals surface area contributed by atoms with E-state index in [1.165, 1.54) is 27.8 Å². The van der Waals surface area contributed by atoms with Crippen LogP contribution in [0.25, 0.3) is 11.1 Å². The molecule has 0 amide bonds. The third kappa shape index (κ3) is 1.58. The molecule has 0 aliphatic heterocycles. The molecule has 4 rings (SSSR count). The lowest BCUT2D eigenvalue weighted by atomic mass is 9.87. The molecule has 0 aromatic heterocycles. The average Bonchev–Trinajstić information content (AvgIpc) is 2.88. The molecule has 0 fully saturated rings. The highest BCUT2D eigenvalue weighted by molar-refractivity contribution is 7.39. The molecule has 0 radical (unpaired) electrons. The fourth-order valence-corrected chi connectivity index (χ4v) is 4.71. The number of anilines is 1. The van der Waals surface area contributed by atoms with Crippen LogP contribution in [0.5, 0.6) is 0 Å². The molecule has 0 saturated carbocycles. The molecule has 106 valence electrons. The summed E-state index contributed by atoms with van der Waals surface area (Å²) in [5.41, 5.74) is 13.5. The molecular weight excluding hydrogens is 285 g/mol. The van der Waals surface area contributed by atoms with Gasteiger partial charge >= 0.3 is 0 Å². The standard InChI is InChI=1S/C20H16NP/c1-22-20(14-8-3-2-4-9-14)17-12-6-5-10-15(17)16-11-7-13-18(21)19(16)20/h2-13H,1,21H2. The van der Waals surface area contributed by atoms with E-state index in [1.807, 2.05) is 18.2 Å².